The molecular formula is C29H35N5O5. The Morgan fingerprint density at radius 3 is 2.64 bits per heavy atom. The summed E-state index contributed by atoms with van der Waals surface area (Å²) in [5, 5.41) is 13.2. The molecule has 2 N–H and O–H groups in total. The van der Waals surface area contributed by atoms with Crippen LogP contribution in [0.3, 0.4) is 0 Å². The van der Waals surface area contributed by atoms with Gasteiger partial charge in [0.1, 0.15) is 23.2 Å². The monoisotopic (exact) mass is 533 g/mol. The molecule has 0 radical (unpaired) electrons. The van der Waals surface area contributed by atoms with E-state index in [2.05, 4.69) is 10.3 Å². The quantitative estimate of drug-likeness (QED) is 0.319. The molecule has 1 atom stereocenters. The number of methoxy groups -OCH3 is 1. The summed E-state index contributed by atoms with van der Waals surface area (Å²) < 4.78 is 10.7. The van der Waals surface area contributed by atoms with E-state index in [0.717, 1.165) is 35.7 Å². The smallest absolute Gasteiger partial charge is 0.320 e. The number of hydrogen-bond donors (Lipinski definition) is 2. The van der Waals surface area contributed by atoms with Gasteiger partial charge in [0.15, 0.2) is 0 Å². The lowest BCUT2D eigenvalue weighted by Crippen LogP contribution is -2.36. The molecule has 0 bridgehead atoms. The maximum atomic E-state index is 13.0. The Balaban J connectivity index is 1.26. The van der Waals surface area contributed by atoms with Crippen LogP contribution < -0.4 is 14.8 Å². The second kappa shape index (κ2) is 13.5. The number of benzene rings is 1. The van der Waals surface area contributed by atoms with Crippen LogP contribution in [0.4, 0.5) is 10.6 Å². The first kappa shape index (κ1) is 27.7. The lowest BCUT2D eigenvalue weighted by atomic mass is 10.0. The number of ether oxygens (including phenoxy) is 2. The zero-order valence-corrected chi connectivity index (χ0v) is 22.4. The summed E-state index contributed by atoms with van der Waals surface area (Å²) in [5.41, 5.74) is 2.60. The number of carboxylic acids is 1. The van der Waals surface area contributed by atoms with Crippen molar-refractivity contribution in [3.63, 3.8) is 0 Å². The van der Waals surface area contributed by atoms with Crippen molar-refractivity contribution >= 4 is 17.8 Å². The maximum absolute atomic E-state index is 13.0. The first-order valence-corrected chi connectivity index (χ1v) is 13.1. The van der Waals surface area contributed by atoms with Crippen molar-refractivity contribution in [1.29, 1.82) is 0 Å². The molecule has 4 rings (SSSR count). The minimum Gasteiger partial charge on any atom is -0.497 e. The molecule has 2 aromatic heterocycles. The highest BCUT2D eigenvalue weighted by Crippen LogP contribution is 2.23. The molecule has 0 aliphatic carbocycles. The number of pyridine rings is 2. The molecule has 0 unspecified atom stereocenters. The van der Waals surface area contributed by atoms with Crippen LogP contribution in [0, 0.1) is 0 Å². The van der Waals surface area contributed by atoms with Crippen LogP contribution in [-0.2, 0) is 17.8 Å². The molecule has 206 valence electrons. The SMILES string of the molecule is CCOc1cncc([C@H](CN2CCN(CCCc3cccc(NCc4ccc(OC)cc4)n3)C2=O)C(=O)O)c1. The lowest BCUT2D eigenvalue weighted by molar-refractivity contribution is -0.139. The minimum atomic E-state index is -0.997. The van der Waals surface area contributed by atoms with Crippen molar-refractivity contribution in [3.05, 3.63) is 77.7 Å². The largest absolute Gasteiger partial charge is 0.497 e. The first-order chi connectivity index (χ1) is 19.0. The van der Waals surface area contributed by atoms with E-state index in [9.17, 15) is 14.7 Å². The minimum absolute atomic E-state index is 0.0887. The van der Waals surface area contributed by atoms with Gasteiger partial charge in [-0.1, -0.05) is 18.2 Å². The highest BCUT2D eigenvalue weighted by molar-refractivity contribution is 5.80. The van der Waals surface area contributed by atoms with E-state index in [1.807, 2.05) is 49.4 Å². The van der Waals surface area contributed by atoms with Crippen LogP contribution in [0.15, 0.2) is 60.9 Å². The molecule has 0 saturated carbocycles. The zero-order valence-electron chi connectivity index (χ0n) is 22.4. The molecule has 10 heteroatoms. The third kappa shape index (κ3) is 7.59. The molecule has 1 fully saturated rings. The van der Waals surface area contributed by atoms with Gasteiger partial charge in [-0.25, -0.2) is 9.78 Å². The Hall–Kier alpha value is -4.34. The Labute approximate surface area is 228 Å². The van der Waals surface area contributed by atoms with Crippen LogP contribution >= 0.6 is 0 Å². The van der Waals surface area contributed by atoms with Crippen LogP contribution in [0.5, 0.6) is 11.5 Å². The summed E-state index contributed by atoms with van der Waals surface area (Å²) in [4.78, 5) is 37.2. The van der Waals surface area contributed by atoms with Gasteiger partial charge in [0.2, 0.25) is 0 Å². The average Bonchev–Trinajstić information content (AvgIpc) is 3.30. The van der Waals surface area contributed by atoms with Crippen molar-refractivity contribution < 1.29 is 24.2 Å². The lowest BCUT2D eigenvalue weighted by Gasteiger charge is -2.22. The summed E-state index contributed by atoms with van der Waals surface area (Å²) in [6.45, 7) is 4.70. The number of anilines is 1. The van der Waals surface area contributed by atoms with Gasteiger partial charge in [0, 0.05) is 44.6 Å². The number of aryl methyl sites for hydroxylation is 1. The number of carbonyl (C=O) groups excluding carboxylic acids is 1. The van der Waals surface area contributed by atoms with E-state index in [1.54, 1.807) is 29.2 Å². The highest BCUT2D eigenvalue weighted by atomic mass is 16.5. The van der Waals surface area contributed by atoms with E-state index < -0.39 is 11.9 Å². The van der Waals surface area contributed by atoms with Crippen molar-refractivity contribution in [2.45, 2.75) is 32.2 Å². The molecule has 3 heterocycles. The van der Waals surface area contributed by atoms with Crippen LogP contribution in [0.25, 0.3) is 0 Å². The standard InChI is InChI=1S/C29H35N5O5/c1-3-39-25-16-22(18-30-19-25)26(28(35)36)20-34-15-14-33(29(34)37)13-5-7-23-6-4-8-27(32-23)31-17-21-9-11-24(38-2)12-10-21/h4,6,8-12,16,18-19,26H,3,5,7,13-15,17,20H2,1-2H3,(H,31,32)(H,35,36)/t26-/m0/s1. The molecule has 2 amide bonds. The van der Waals surface area contributed by atoms with Crippen molar-refractivity contribution in [3.8, 4) is 11.5 Å². The van der Waals surface area contributed by atoms with Gasteiger partial charge in [-0.2, -0.15) is 0 Å². The van der Waals surface area contributed by atoms with Crippen LogP contribution in [-0.4, -0.2) is 76.8 Å². The van der Waals surface area contributed by atoms with E-state index in [-0.39, 0.29) is 12.6 Å². The Bertz CT molecular complexity index is 1250. The molecule has 1 aromatic carbocycles. The number of rotatable bonds is 14. The molecule has 10 nitrogen and oxygen atoms in total. The number of aromatic nitrogens is 2. The number of nitrogens with one attached hydrogen (secondary N) is 1. The first-order valence-electron chi connectivity index (χ1n) is 13.1. The number of nitrogens with zero attached hydrogens (tertiary/aromatic N) is 4. The molecule has 3 aromatic rings. The van der Waals surface area contributed by atoms with Gasteiger partial charge in [-0.15, -0.1) is 0 Å². The topological polar surface area (TPSA) is 117 Å². The Morgan fingerprint density at radius 1 is 1.10 bits per heavy atom. The van der Waals surface area contributed by atoms with E-state index in [4.69, 9.17) is 14.5 Å². The van der Waals surface area contributed by atoms with Gasteiger partial charge in [0.25, 0.3) is 0 Å². The van der Waals surface area contributed by atoms with E-state index >= 15 is 0 Å². The molecule has 0 spiro atoms. The molecule has 1 aliphatic heterocycles. The van der Waals surface area contributed by atoms with Gasteiger partial charge in [0.05, 0.1) is 19.9 Å². The fourth-order valence-corrected chi connectivity index (χ4v) is 4.53. The van der Waals surface area contributed by atoms with Gasteiger partial charge >= 0.3 is 12.0 Å². The van der Waals surface area contributed by atoms with Gasteiger partial charge < -0.3 is 29.7 Å². The second-order valence-electron chi connectivity index (χ2n) is 9.31. The number of carboxylic acid groups (broad SMARTS) is 1. The van der Waals surface area contributed by atoms with Crippen LogP contribution in [0.2, 0.25) is 0 Å². The Morgan fingerprint density at radius 2 is 1.90 bits per heavy atom. The summed E-state index contributed by atoms with van der Waals surface area (Å²) in [6.07, 6.45) is 4.56. The molecular weight excluding hydrogens is 498 g/mol. The summed E-state index contributed by atoms with van der Waals surface area (Å²) >= 11 is 0. The van der Waals surface area contributed by atoms with E-state index in [1.165, 1.54) is 6.20 Å². The molecule has 39 heavy (non-hydrogen) atoms. The predicted octanol–water partition coefficient (Wildman–Crippen LogP) is 4.03. The highest BCUT2D eigenvalue weighted by Gasteiger charge is 2.33. The summed E-state index contributed by atoms with van der Waals surface area (Å²) in [6, 6.07) is 15.3. The number of urea groups is 1. The number of amides is 2. The third-order valence-corrected chi connectivity index (χ3v) is 6.63. The van der Waals surface area contributed by atoms with E-state index in [0.29, 0.717) is 44.1 Å². The number of aliphatic carboxylic acids is 1. The van der Waals surface area contributed by atoms with Gasteiger partial charge in [-0.3, -0.25) is 9.78 Å². The fraction of sp³-hybridized carbons (Fsp3) is 0.379. The fourth-order valence-electron chi connectivity index (χ4n) is 4.53. The van der Waals surface area contributed by atoms with Crippen molar-refractivity contribution in [1.82, 2.24) is 19.8 Å². The molecule has 1 saturated heterocycles. The molecule has 1 aliphatic rings. The average molecular weight is 534 g/mol. The Kier molecular flexibility index (Phi) is 9.55. The zero-order chi connectivity index (χ0) is 27.6. The number of hydrogen-bond acceptors (Lipinski definition) is 7. The van der Waals surface area contributed by atoms with Gasteiger partial charge in [-0.05, 0) is 61.2 Å². The third-order valence-electron chi connectivity index (χ3n) is 6.63. The second-order valence-corrected chi connectivity index (χ2v) is 9.31. The van der Waals surface area contributed by atoms with Crippen LogP contribution in [0.1, 0.15) is 36.1 Å². The maximum Gasteiger partial charge on any atom is 0.320 e. The van der Waals surface area contributed by atoms with Crippen molar-refractivity contribution in [2.75, 3.05) is 45.2 Å². The normalized spacial score (nSPS) is 13.8. The summed E-state index contributed by atoms with van der Waals surface area (Å²) in [5.74, 6) is 0.269. The number of carbonyl (C=O) groups is 2. The summed E-state index contributed by atoms with van der Waals surface area (Å²) in [7, 11) is 1.65. The van der Waals surface area contributed by atoms with Crippen molar-refractivity contribution in [2.24, 2.45) is 0 Å². The predicted molar refractivity (Wildman–Crippen MR) is 147 cm³/mol.